The maximum absolute atomic E-state index is 12.4. The van der Waals surface area contributed by atoms with E-state index in [9.17, 15) is 19.8 Å². The summed E-state index contributed by atoms with van der Waals surface area (Å²) in [6.45, 7) is 5.54. The van der Waals surface area contributed by atoms with Crippen molar-refractivity contribution in [3.8, 4) is 0 Å². The average Bonchev–Trinajstić information content (AvgIpc) is 3.10. The average molecular weight is 489 g/mol. The highest BCUT2D eigenvalue weighted by molar-refractivity contribution is 7.18. The summed E-state index contributed by atoms with van der Waals surface area (Å²) in [4.78, 5) is 27.6. The van der Waals surface area contributed by atoms with Crippen LogP contribution >= 0.6 is 11.3 Å². The van der Waals surface area contributed by atoms with Gasteiger partial charge in [-0.25, -0.2) is 9.36 Å². The molecular weight excluding hydrogens is 469 g/mol. The fourth-order valence-corrected chi connectivity index (χ4v) is 5.42. The molecule has 2 aliphatic rings. The lowest BCUT2D eigenvalue weighted by Gasteiger charge is -2.46. The van der Waals surface area contributed by atoms with Gasteiger partial charge in [0.15, 0.2) is 5.69 Å². The van der Waals surface area contributed by atoms with Crippen LogP contribution in [0.2, 0.25) is 0 Å². The van der Waals surface area contributed by atoms with E-state index in [2.05, 4.69) is 0 Å². The predicted octanol–water partition coefficient (Wildman–Crippen LogP) is -2.21. The Labute approximate surface area is 171 Å². The third kappa shape index (κ3) is 2.36. The van der Waals surface area contributed by atoms with Gasteiger partial charge >= 0.3 is 5.97 Å². The number of carbonyl (C=O) groups is 2. The first-order chi connectivity index (χ1) is 11.7. The number of carboxylic acids is 1. The van der Waals surface area contributed by atoms with E-state index in [0.29, 0.717) is 5.57 Å². The fourth-order valence-electron chi connectivity index (χ4n) is 4.16. The zero-order valence-electron chi connectivity index (χ0n) is 14.8. The minimum atomic E-state index is -1.10. The van der Waals surface area contributed by atoms with Gasteiger partial charge in [-0.1, -0.05) is 18.3 Å². The van der Waals surface area contributed by atoms with Crippen molar-refractivity contribution in [3.63, 3.8) is 0 Å². The summed E-state index contributed by atoms with van der Waals surface area (Å²) in [6, 6.07) is -0.285. The zero-order chi connectivity index (χ0) is 18.2. The molecule has 4 rings (SSSR count). The Morgan fingerprint density at radius 2 is 2.08 bits per heavy atom. The number of aliphatic hydroxyl groups is 1. The summed E-state index contributed by atoms with van der Waals surface area (Å²) < 4.78 is 4.00. The van der Waals surface area contributed by atoms with Gasteiger partial charge < -0.3 is 39.1 Å². The van der Waals surface area contributed by atoms with Gasteiger partial charge in [-0.3, -0.25) is 4.79 Å². The minimum Gasteiger partial charge on any atom is -1.00 e. The van der Waals surface area contributed by atoms with E-state index >= 15 is 0 Å². The molecule has 7 nitrogen and oxygen atoms in total. The van der Waals surface area contributed by atoms with Crippen LogP contribution in [-0.2, 0) is 16.6 Å². The number of β-lactam (4-membered cyclic amide) rings is 1. The maximum atomic E-state index is 12.4. The second-order valence-electron chi connectivity index (χ2n) is 6.94. The Morgan fingerprint density at radius 3 is 2.62 bits per heavy atom. The summed E-state index contributed by atoms with van der Waals surface area (Å²) in [5, 5.41) is 19.7. The second-order valence-corrected chi connectivity index (χ2v) is 7.97. The molecule has 0 unspecified atom stereocenters. The highest BCUT2D eigenvalue weighted by atomic mass is 127. The number of aliphatic hydroxyl groups excluding tert-OH is 1. The van der Waals surface area contributed by atoms with Crippen LogP contribution in [-0.4, -0.2) is 43.7 Å². The lowest BCUT2D eigenvalue weighted by molar-refractivity contribution is -0.508. The molecule has 2 aromatic heterocycles. The lowest BCUT2D eigenvalue weighted by atomic mass is 9.77. The molecule has 1 saturated heterocycles. The van der Waals surface area contributed by atoms with Crippen LogP contribution in [0.1, 0.15) is 24.4 Å². The number of aliphatic carboxylic acids is 1. The van der Waals surface area contributed by atoms with Crippen LogP contribution in [0.15, 0.2) is 18.2 Å². The molecule has 2 aliphatic heterocycles. The highest BCUT2D eigenvalue weighted by Gasteiger charge is 2.60. The minimum absolute atomic E-state index is 0. The quantitative estimate of drug-likeness (QED) is 0.291. The molecule has 1 amide bonds. The number of carbonyl (C=O) groups excluding carboxylic acids is 1. The number of amides is 1. The van der Waals surface area contributed by atoms with Gasteiger partial charge in [0.25, 0.3) is 0 Å². The summed E-state index contributed by atoms with van der Waals surface area (Å²) >= 11 is 1.53. The van der Waals surface area contributed by atoms with Gasteiger partial charge in [0, 0.05) is 18.4 Å². The zero-order valence-corrected chi connectivity index (χ0v) is 17.8. The van der Waals surface area contributed by atoms with Gasteiger partial charge in [0.2, 0.25) is 17.1 Å². The molecule has 0 radical (unpaired) electrons. The molecule has 0 bridgehead atoms. The Bertz CT molecular complexity index is 961. The number of thiazole rings is 1. The van der Waals surface area contributed by atoms with Gasteiger partial charge in [-0.15, -0.1) is 0 Å². The molecule has 9 heteroatoms. The van der Waals surface area contributed by atoms with E-state index in [1.807, 2.05) is 42.4 Å². The first-order valence-corrected chi connectivity index (χ1v) is 9.01. The first-order valence-electron chi connectivity index (χ1n) is 8.19. The number of carboxylic acid groups (broad SMARTS) is 1. The van der Waals surface area contributed by atoms with Gasteiger partial charge in [-0.05, 0) is 6.92 Å². The number of rotatable bonds is 3. The van der Waals surface area contributed by atoms with E-state index in [1.54, 1.807) is 6.92 Å². The smallest absolute Gasteiger partial charge is 0.352 e. The van der Waals surface area contributed by atoms with E-state index in [4.69, 9.17) is 0 Å². The van der Waals surface area contributed by atoms with Crippen LogP contribution in [0.5, 0.6) is 0 Å². The number of nitrogens with zero attached hydrogens (tertiary/aromatic N) is 3. The van der Waals surface area contributed by atoms with Gasteiger partial charge in [0.05, 0.1) is 30.0 Å². The van der Waals surface area contributed by atoms with Gasteiger partial charge in [-0.2, -0.15) is 4.40 Å². The second kappa shape index (κ2) is 6.31. The van der Waals surface area contributed by atoms with Crippen LogP contribution in [0.4, 0.5) is 0 Å². The Balaban J connectivity index is 0.00000196. The number of fused-ring (bicyclic) bond motifs is 2. The Hall–Kier alpha value is -1.46. The van der Waals surface area contributed by atoms with Crippen LogP contribution < -0.4 is 28.4 Å². The number of aromatic nitrogens is 2. The summed E-state index contributed by atoms with van der Waals surface area (Å²) in [6.07, 6.45) is 3.09. The molecule has 0 aliphatic carbocycles. The van der Waals surface area contributed by atoms with Crippen LogP contribution in [0.3, 0.4) is 0 Å². The molecule has 1 fully saturated rings. The van der Waals surface area contributed by atoms with E-state index in [1.165, 1.54) is 16.2 Å². The van der Waals surface area contributed by atoms with Crippen molar-refractivity contribution >= 4 is 33.6 Å². The van der Waals surface area contributed by atoms with Crippen molar-refractivity contribution in [3.05, 3.63) is 28.8 Å². The molecule has 140 valence electrons. The van der Waals surface area contributed by atoms with Crippen LogP contribution in [0.25, 0.3) is 10.4 Å². The number of hydrogen-bond acceptors (Lipinski definition) is 4. The number of aryl methyl sites for hydroxylation is 2. The number of imidazole rings is 1. The Kier molecular flexibility index (Phi) is 4.68. The van der Waals surface area contributed by atoms with Crippen molar-refractivity contribution in [1.82, 2.24) is 9.47 Å². The maximum Gasteiger partial charge on any atom is 0.352 e. The highest BCUT2D eigenvalue weighted by Crippen LogP contribution is 2.51. The molecule has 4 heterocycles. The largest absolute Gasteiger partial charge is 1.00 e. The molecule has 2 N–H and O–H groups in total. The van der Waals surface area contributed by atoms with E-state index < -0.39 is 18.0 Å². The van der Waals surface area contributed by atoms with Crippen molar-refractivity contribution in [2.75, 3.05) is 0 Å². The Morgan fingerprint density at radius 1 is 1.42 bits per heavy atom. The van der Waals surface area contributed by atoms with Gasteiger partial charge in [0.1, 0.15) is 11.9 Å². The van der Waals surface area contributed by atoms with Crippen molar-refractivity contribution in [2.24, 2.45) is 18.9 Å². The fraction of sp³-hybridized carbons (Fsp3) is 0.471. The summed E-state index contributed by atoms with van der Waals surface area (Å²) in [5.41, 5.74) is 1.84. The summed E-state index contributed by atoms with van der Waals surface area (Å²) in [7, 11) is 1.96. The molecule has 0 spiro atoms. The van der Waals surface area contributed by atoms with Crippen molar-refractivity contribution in [2.45, 2.75) is 32.9 Å². The number of halogens is 1. The topological polar surface area (TPSA) is 86.9 Å². The normalized spacial score (nSPS) is 26.0. The number of hydrogen-bond donors (Lipinski definition) is 2. The standard InChI is InChI=1S/C17H19N3O4S.HI/c1-7-11(10-5-19-6-18(4)8(2)16(19)25-10)14(17(23)24)20-13(7)12(9(3)21)15(20)22;/h5-7,9,12-13,21H,1-4H3;1H/t7-,9+,12+,13+;/m0./s1. The molecule has 26 heavy (non-hydrogen) atoms. The summed E-state index contributed by atoms with van der Waals surface area (Å²) in [5.74, 6) is -2.07. The van der Waals surface area contributed by atoms with E-state index in [0.717, 1.165) is 15.4 Å². The third-order valence-corrected chi connectivity index (χ3v) is 6.72. The van der Waals surface area contributed by atoms with Crippen molar-refractivity contribution < 1.29 is 48.2 Å². The van der Waals surface area contributed by atoms with Crippen LogP contribution in [0, 0.1) is 18.8 Å². The molecule has 4 atom stereocenters. The monoisotopic (exact) mass is 489 g/mol. The first kappa shape index (κ1) is 19.3. The van der Waals surface area contributed by atoms with Crippen molar-refractivity contribution in [1.29, 1.82) is 0 Å². The lowest BCUT2D eigenvalue weighted by Crippen LogP contribution is -3.00. The SMILES string of the molecule is Cc1c2sc(C3=C(C(=O)O)N4C(=O)[C@H]([C@@H](C)O)[C@H]4[C@H]3C)c[n+]2cn1C.[I-]. The third-order valence-electron chi connectivity index (χ3n) is 5.47. The molecular formula is C17H20IN3O4S. The molecule has 0 aromatic carbocycles. The molecule has 2 aromatic rings. The van der Waals surface area contributed by atoms with E-state index in [-0.39, 0.29) is 47.5 Å². The molecule has 0 saturated carbocycles. The predicted molar refractivity (Wildman–Crippen MR) is 90.7 cm³/mol.